The predicted molar refractivity (Wildman–Crippen MR) is 59.0 cm³/mol. The van der Waals surface area contributed by atoms with Crippen LogP contribution in [0.3, 0.4) is 0 Å². The van der Waals surface area contributed by atoms with Gasteiger partial charge in [-0.2, -0.15) is 0 Å². The average molecular weight is 221 g/mol. The lowest BCUT2D eigenvalue weighted by Crippen LogP contribution is -2.40. The molecule has 0 saturated carbocycles. The van der Waals surface area contributed by atoms with Gasteiger partial charge in [0.1, 0.15) is 5.75 Å². The lowest BCUT2D eigenvalue weighted by Gasteiger charge is -2.29. The maximum atomic E-state index is 10.9. The Balaban J connectivity index is 1.93. The highest BCUT2D eigenvalue weighted by molar-refractivity contribution is 5.70. The Kier molecular flexibility index (Phi) is 3.41. The van der Waals surface area contributed by atoms with Gasteiger partial charge < -0.3 is 9.94 Å². The molecular weight excluding hydrogens is 206 g/mol. The molecule has 1 atom stereocenters. The predicted octanol–water partition coefficient (Wildman–Crippen LogP) is 1.78. The van der Waals surface area contributed by atoms with Gasteiger partial charge in [-0.1, -0.05) is 18.2 Å². The summed E-state index contributed by atoms with van der Waals surface area (Å²) in [5.74, 6) is -0.285. The Labute approximate surface area is 94.4 Å². The van der Waals surface area contributed by atoms with Gasteiger partial charge in [-0.25, -0.2) is 0 Å². The summed E-state index contributed by atoms with van der Waals surface area (Å²) >= 11 is 0. The van der Waals surface area contributed by atoms with Crippen molar-refractivity contribution in [2.75, 3.05) is 13.1 Å². The number of hydroxylamine groups is 2. The number of para-hydroxylation sites is 1. The van der Waals surface area contributed by atoms with E-state index in [-0.39, 0.29) is 5.92 Å². The molecule has 0 spiro atoms. The molecule has 4 heteroatoms. The zero-order valence-corrected chi connectivity index (χ0v) is 9.00. The summed E-state index contributed by atoms with van der Waals surface area (Å²) in [6, 6.07) is 9.44. The van der Waals surface area contributed by atoms with Crippen LogP contribution in [0.4, 0.5) is 0 Å². The molecule has 4 nitrogen and oxygen atoms in total. The first kappa shape index (κ1) is 11.0. The van der Waals surface area contributed by atoms with Crippen molar-refractivity contribution in [3.63, 3.8) is 0 Å². The third-order valence-electron chi connectivity index (χ3n) is 2.71. The van der Waals surface area contributed by atoms with E-state index in [1.807, 2.05) is 30.3 Å². The van der Waals surface area contributed by atoms with Crippen LogP contribution in [-0.2, 0) is 4.79 Å². The number of hydrogen-bond acceptors (Lipinski definition) is 3. The van der Waals surface area contributed by atoms with E-state index in [1.54, 1.807) is 5.06 Å². The topological polar surface area (TPSA) is 49.8 Å². The van der Waals surface area contributed by atoms with E-state index in [9.17, 15) is 4.79 Å². The quantitative estimate of drug-likeness (QED) is 0.845. The second-order valence-electron chi connectivity index (χ2n) is 3.97. The molecule has 1 heterocycles. The van der Waals surface area contributed by atoms with E-state index in [1.165, 1.54) is 0 Å². The molecule has 1 aromatic carbocycles. The van der Waals surface area contributed by atoms with Crippen molar-refractivity contribution in [2.45, 2.75) is 12.8 Å². The number of carbonyl (C=O) groups is 1. The van der Waals surface area contributed by atoms with Crippen molar-refractivity contribution < 1.29 is 14.7 Å². The Morgan fingerprint density at radius 2 is 2.12 bits per heavy atom. The summed E-state index contributed by atoms with van der Waals surface area (Å²) in [6.07, 6.45) is 1.60. The first-order valence-electron chi connectivity index (χ1n) is 5.46. The summed E-state index contributed by atoms with van der Waals surface area (Å²) in [7, 11) is 0. The second kappa shape index (κ2) is 4.99. The van der Waals surface area contributed by atoms with E-state index in [0.717, 1.165) is 25.1 Å². The van der Waals surface area contributed by atoms with E-state index in [0.29, 0.717) is 6.54 Å². The SMILES string of the molecule is O=C(O)C1CCCN(Oc2ccccc2)C1. The van der Waals surface area contributed by atoms with Crippen LogP contribution in [-0.4, -0.2) is 29.2 Å². The standard InChI is InChI=1S/C12H15NO3/c14-12(15)10-5-4-8-13(9-10)16-11-6-2-1-3-7-11/h1-3,6-7,10H,4-5,8-9H2,(H,14,15). The minimum Gasteiger partial charge on any atom is -0.481 e. The van der Waals surface area contributed by atoms with Crippen molar-refractivity contribution >= 4 is 5.97 Å². The van der Waals surface area contributed by atoms with Crippen molar-refractivity contribution in [1.82, 2.24) is 5.06 Å². The largest absolute Gasteiger partial charge is 0.481 e. The molecule has 1 aliphatic rings. The highest BCUT2D eigenvalue weighted by Crippen LogP contribution is 2.19. The molecular formula is C12H15NO3. The van der Waals surface area contributed by atoms with Gasteiger partial charge >= 0.3 is 5.97 Å². The van der Waals surface area contributed by atoms with E-state index in [2.05, 4.69) is 0 Å². The number of nitrogens with zero attached hydrogens (tertiary/aromatic N) is 1. The molecule has 16 heavy (non-hydrogen) atoms. The molecule has 0 aromatic heterocycles. The smallest absolute Gasteiger partial charge is 0.307 e. The molecule has 1 fully saturated rings. The van der Waals surface area contributed by atoms with Crippen LogP contribution in [0.25, 0.3) is 0 Å². The molecule has 1 aliphatic heterocycles. The first-order valence-corrected chi connectivity index (χ1v) is 5.46. The fourth-order valence-corrected chi connectivity index (χ4v) is 1.86. The maximum absolute atomic E-state index is 10.9. The van der Waals surface area contributed by atoms with Crippen molar-refractivity contribution in [3.8, 4) is 5.75 Å². The second-order valence-corrected chi connectivity index (χ2v) is 3.97. The van der Waals surface area contributed by atoms with Crippen LogP contribution < -0.4 is 4.84 Å². The van der Waals surface area contributed by atoms with Crippen LogP contribution in [0.15, 0.2) is 30.3 Å². The number of carboxylic acids is 1. The summed E-state index contributed by atoms with van der Waals surface area (Å²) in [5.41, 5.74) is 0. The molecule has 0 amide bonds. The molecule has 1 saturated heterocycles. The van der Waals surface area contributed by atoms with Crippen LogP contribution in [0.5, 0.6) is 5.75 Å². The van der Waals surface area contributed by atoms with Crippen LogP contribution >= 0.6 is 0 Å². The van der Waals surface area contributed by atoms with Gasteiger partial charge in [-0.15, -0.1) is 5.06 Å². The van der Waals surface area contributed by atoms with E-state index >= 15 is 0 Å². The molecule has 0 bridgehead atoms. The summed E-state index contributed by atoms with van der Waals surface area (Å²) < 4.78 is 0. The number of rotatable bonds is 3. The van der Waals surface area contributed by atoms with Gasteiger partial charge in [-0.3, -0.25) is 4.79 Å². The van der Waals surface area contributed by atoms with Crippen molar-refractivity contribution in [2.24, 2.45) is 5.92 Å². The number of carboxylic acid groups (broad SMARTS) is 1. The molecule has 1 unspecified atom stereocenters. The third-order valence-corrected chi connectivity index (χ3v) is 2.71. The van der Waals surface area contributed by atoms with Gasteiger partial charge in [0.05, 0.1) is 5.92 Å². The third kappa shape index (κ3) is 2.73. The van der Waals surface area contributed by atoms with Crippen molar-refractivity contribution in [3.05, 3.63) is 30.3 Å². The van der Waals surface area contributed by atoms with Crippen LogP contribution in [0.1, 0.15) is 12.8 Å². The Morgan fingerprint density at radius 1 is 1.38 bits per heavy atom. The monoisotopic (exact) mass is 221 g/mol. The fraction of sp³-hybridized carbons (Fsp3) is 0.417. The Bertz CT molecular complexity index is 353. The highest BCUT2D eigenvalue weighted by atomic mass is 16.7. The summed E-state index contributed by atoms with van der Waals surface area (Å²) in [6.45, 7) is 1.25. The molecule has 1 aromatic rings. The number of hydrogen-bond donors (Lipinski definition) is 1. The van der Waals surface area contributed by atoms with Gasteiger partial charge in [0, 0.05) is 13.1 Å². The average Bonchev–Trinajstić information content (AvgIpc) is 2.30. The minimum atomic E-state index is -0.735. The lowest BCUT2D eigenvalue weighted by atomic mass is 10.00. The molecule has 0 aliphatic carbocycles. The van der Waals surface area contributed by atoms with Crippen molar-refractivity contribution in [1.29, 1.82) is 0 Å². The number of piperidine rings is 1. The van der Waals surface area contributed by atoms with Gasteiger partial charge in [-0.05, 0) is 25.0 Å². The zero-order chi connectivity index (χ0) is 11.4. The van der Waals surface area contributed by atoms with Gasteiger partial charge in [0.15, 0.2) is 0 Å². The summed E-state index contributed by atoms with van der Waals surface area (Å²) in [5, 5.41) is 10.7. The van der Waals surface area contributed by atoms with Crippen LogP contribution in [0.2, 0.25) is 0 Å². The normalized spacial score (nSPS) is 21.6. The summed E-state index contributed by atoms with van der Waals surface area (Å²) in [4.78, 5) is 16.5. The fourth-order valence-electron chi connectivity index (χ4n) is 1.86. The number of benzene rings is 1. The highest BCUT2D eigenvalue weighted by Gasteiger charge is 2.26. The lowest BCUT2D eigenvalue weighted by molar-refractivity contribution is -0.151. The maximum Gasteiger partial charge on any atom is 0.307 e. The zero-order valence-electron chi connectivity index (χ0n) is 9.00. The van der Waals surface area contributed by atoms with Gasteiger partial charge in [0.2, 0.25) is 0 Å². The Morgan fingerprint density at radius 3 is 2.81 bits per heavy atom. The van der Waals surface area contributed by atoms with E-state index < -0.39 is 5.97 Å². The Hall–Kier alpha value is -1.55. The molecule has 0 radical (unpaired) electrons. The molecule has 2 rings (SSSR count). The first-order chi connectivity index (χ1) is 7.75. The molecule has 1 N–H and O–H groups in total. The molecule has 86 valence electrons. The number of aliphatic carboxylic acids is 1. The minimum absolute atomic E-state index is 0.308. The van der Waals surface area contributed by atoms with E-state index in [4.69, 9.17) is 9.94 Å². The van der Waals surface area contributed by atoms with Gasteiger partial charge in [0.25, 0.3) is 0 Å². The van der Waals surface area contributed by atoms with Crippen LogP contribution in [0, 0.1) is 5.92 Å².